The van der Waals surface area contributed by atoms with Gasteiger partial charge in [-0.15, -0.1) is 0 Å². The number of likely N-dealkylation sites (tertiary alicyclic amines) is 1. The van der Waals surface area contributed by atoms with Gasteiger partial charge in [-0.1, -0.05) is 13.3 Å². The van der Waals surface area contributed by atoms with Crippen molar-refractivity contribution in [1.29, 1.82) is 0 Å². The quantitative estimate of drug-likeness (QED) is 0.684. The Balaban J connectivity index is 1.28. The van der Waals surface area contributed by atoms with Gasteiger partial charge in [-0.3, -0.25) is 4.79 Å². The monoisotopic (exact) mass is 437 g/mol. The number of unbranched alkanes of at least 4 members (excludes halogenated alkanes) is 1. The average molecular weight is 438 g/mol. The van der Waals surface area contributed by atoms with Gasteiger partial charge in [-0.25, -0.2) is 15.0 Å². The average Bonchev–Trinajstić information content (AvgIpc) is 3.19. The molecule has 8 heteroatoms. The van der Waals surface area contributed by atoms with E-state index in [0.717, 1.165) is 63.2 Å². The largest absolute Gasteiger partial charge is 0.356 e. The molecule has 0 aromatic carbocycles. The van der Waals surface area contributed by atoms with Crippen LogP contribution in [0.2, 0.25) is 0 Å². The molecular formula is C24H35N7O. The summed E-state index contributed by atoms with van der Waals surface area (Å²) in [5.74, 6) is 3.52. The van der Waals surface area contributed by atoms with Crippen LogP contribution < -0.4 is 10.2 Å². The Morgan fingerprint density at radius 1 is 1.09 bits per heavy atom. The van der Waals surface area contributed by atoms with Crippen molar-refractivity contribution >= 4 is 17.5 Å². The molecule has 2 aromatic rings. The fraction of sp³-hybridized carbons (Fsp3) is 0.667. The lowest BCUT2D eigenvalue weighted by Crippen LogP contribution is -2.39. The lowest BCUT2D eigenvalue weighted by atomic mass is 9.95. The Kier molecular flexibility index (Phi) is 6.39. The summed E-state index contributed by atoms with van der Waals surface area (Å²) in [6.07, 6.45) is 12.1. The first-order chi connectivity index (χ1) is 15.7. The lowest BCUT2D eigenvalue weighted by molar-refractivity contribution is -0.116. The SMILES string of the molecule is CCCCc1cn(CCN2CCC2)c(C2CCN(c3ncnc4c3CCC(=O)N4)CC2)n1. The zero-order chi connectivity index (χ0) is 21.9. The van der Waals surface area contributed by atoms with E-state index in [1.54, 1.807) is 6.33 Å². The van der Waals surface area contributed by atoms with Crippen molar-refractivity contribution in [2.24, 2.45) is 0 Å². The number of aromatic nitrogens is 4. The fourth-order valence-electron chi connectivity index (χ4n) is 5.12. The number of carbonyl (C=O) groups is 1. The Bertz CT molecular complexity index is 944. The highest BCUT2D eigenvalue weighted by Gasteiger charge is 2.29. The fourth-order valence-corrected chi connectivity index (χ4v) is 5.12. The van der Waals surface area contributed by atoms with Crippen LogP contribution in [0.3, 0.4) is 0 Å². The minimum absolute atomic E-state index is 0.0461. The van der Waals surface area contributed by atoms with Crippen LogP contribution in [-0.2, 0) is 24.2 Å². The number of hydrogen-bond acceptors (Lipinski definition) is 6. The molecule has 5 heterocycles. The maximum atomic E-state index is 11.7. The van der Waals surface area contributed by atoms with Crippen molar-refractivity contribution in [3.05, 3.63) is 29.6 Å². The zero-order valence-corrected chi connectivity index (χ0v) is 19.2. The Morgan fingerprint density at radius 3 is 2.69 bits per heavy atom. The second-order valence-corrected chi connectivity index (χ2v) is 9.42. The molecule has 0 aliphatic carbocycles. The highest BCUT2D eigenvalue weighted by Crippen LogP contribution is 2.34. The van der Waals surface area contributed by atoms with Gasteiger partial charge >= 0.3 is 0 Å². The van der Waals surface area contributed by atoms with Crippen molar-refractivity contribution < 1.29 is 4.79 Å². The second kappa shape index (κ2) is 9.57. The van der Waals surface area contributed by atoms with E-state index < -0.39 is 0 Å². The van der Waals surface area contributed by atoms with Crippen molar-refractivity contribution in [1.82, 2.24) is 24.4 Å². The third kappa shape index (κ3) is 4.51. The maximum Gasteiger partial charge on any atom is 0.225 e. The molecule has 2 aromatic heterocycles. The molecule has 1 amide bonds. The first kappa shape index (κ1) is 21.4. The van der Waals surface area contributed by atoms with Gasteiger partial charge in [0.25, 0.3) is 0 Å². The number of nitrogens with zero attached hydrogens (tertiary/aromatic N) is 6. The van der Waals surface area contributed by atoms with Crippen LogP contribution in [-0.4, -0.2) is 63.0 Å². The number of rotatable bonds is 8. The molecule has 3 aliphatic heterocycles. The number of aryl methyl sites for hydroxylation is 1. The van der Waals surface area contributed by atoms with Gasteiger partial charge < -0.3 is 19.7 Å². The molecule has 2 saturated heterocycles. The number of fused-ring (bicyclic) bond motifs is 1. The number of carbonyl (C=O) groups excluding carboxylic acids is 1. The van der Waals surface area contributed by atoms with E-state index >= 15 is 0 Å². The smallest absolute Gasteiger partial charge is 0.225 e. The summed E-state index contributed by atoms with van der Waals surface area (Å²) >= 11 is 0. The normalized spacial score (nSPS) is 19.5. The van der Waals surface area contributed by atoms with Crippen LogP contribution in [0.15, 0.2) is 12.5 Å². The van der Waals surface area contributed by atoms with Crippen LogP contribution in [0.5, 0.6) is 0 Å². The van der Waals surface area contributed by atoms with E-state index in [1.807, 2.05) is 0 Å². The highest BCUT2D eigenvalue weighted by atomic mass is 16.1. The Labute approximate surface area is 190 Å². The number of nitrogens with one attached hydrogen (secondary N) is 1. The molecule has 172 valence electrons. The molecule has 5 rings (SSSR count). The van der Waals surface area contributed by atoms with Gasteiger partial charge in [0.05, 0.1) is 5.69 Å². The van der Waals surface area contributed by atoms with E-state index in [0.29, 0.717) is 18.2 Å². The van der Waals surface area contributed by atoms with E-state index in [1.165, 1.54) is 43.9 Å². The summed E-state index contributed by atoms with van der Waals surface area (Å²) < 4.78 is 2.45. The number of hydrogen-bond donors (Lipinski definition) is 1. The van der Waals surface area contributed by atoms with Crippen molar-refractivity contribution in [3.8, 4) is 0 Å². The summed E-state index contributed by atoms with van der Waals surface area (Å²) in [6.45, 7) is 8.84. The standard InChI is InChI=1S/C24H35N7O/c1-2-3-5-19-16-31(15-14-29-10-4-11-29)23(27-19)18-8-12-30(13-9-18)24-20-6-7-21(32)28-22(20)25-17-26-24/h16-18H,2-15H2,1H3,(H,25,26,28,32). The summed E-state index contributed by atoms with van der Waals surface area (Å²) in [5, 5.41) is 2.90. The molecule has 32 heavy (non-hydrogen) atoms. The van der Waals surface area contributed by atoms with Gasteiger partial charge in [0.2, 0.25) is 5.91 Å². The van der Waals surface area contributed by atoms with Crippen LogP contribution in [0.25, 0.3) is 0 Å². The van der Waals surface area contributed by atoms with Crippen molar-refractivity contribution in [2.45, 2.75) is 70.8 Å². The van der Waals surface area contributed by atoms with E-state index in [2.05, 4.69) is 42.8 Å². The molecule has 0 atom stereocenters. The first-order valence-corrected chi connectivity index (χ1v) is 12.4. The topological polar surface area (TPSA) is 79.2 Å². The molecule has 1 N–H and O–H groups in total. The molecule has 2 fully saturated rings. The van der Waals surface area contributed by atoms with Crippen LogP contribution in [0.1, 0.15) is 68.4 Å². The van der Waals surface area contributed by atoms with Crippen LogP contribution in [0, 0.1) is 0 Å². The predicted octanol–water partition coefficient (Wildman–Crippen LogP) is 2.99. The minimum atomic E-state index is 0.0461. The lowest BCUT2D eigenvalue weighted by Gasteiger charge is -2.35. The maximum absolute atomic E-state index is 11.7. The second-order valence-electron chi connectivity index (χ2n) is 9.42. The molecule has 8 nitrogen and oxygen atoms in total. The predicted molar refractivity (Wildman–Crippen MR) is 125 cm³/mol. The van der Waals surface area contributed by atoms with Gasteiger partial charge in [0.15, 0.2) is 0 Å². The minimum Gasteiger partial charge on any atom is -0.356 e. The highest BCUT2D eigenvalue weighted by molar-refractivity contribution is 5.93. The van der Waals surface area contributed by atoms with E-state index in [-0.39, 0.29) is 5.91 Å². The first-order valence-electron chi connectivity index (χ1n) is 12.4. The summed E-state index contributed by atoms with van der Waals surface area (Å²) in [6, 6.07) is 0. The summed E-state index contributed by atoms with van der Waals surface area (Å²) in [7, 11) is 0. The molecule has 0 radical (unpaired) electrons. The summed E-state index contributed by atoms with van der Waals surface area (Å²) in [5.41, 5.74) is 2.34. The Hall–Kier alpha value is -2.48. The van der Waals surface area contributed by atoms with Gasteiger partial charge in [0.1, 0.15) is 23.8 Å². The molecule has 3 aliphatic rings. The number of anilines is 2. The Morgan fingerprint density at radius 2 is 1.94 bits per heavy atom. The van der Waals surface area contributed by atoms with Crippen LogP contribution in [0.4, 0.5) is 11.6 Å². The molecule has 0 bridgehead atoms. The van der Waals surface area contributed by atoms with Gasteiger partial charge in [0, 0.05) is 50.3 Å². The number of amides is 1. The van der Waals surface area contributed by atoms with Crippen molar-refractivity contribution in [3.63, 3.8) is 0 Å². The number of piperidine rings is 1. The van der Waals surface area contributed by atoms with Crippen molar-refractivity contribution in [2.75, 3.05) is 42.9 Å². The molecular weight excluding hydrogens is 402 g/mol. The van der Waals surface area contributed by atoms with E-state index in [4.69, 9.17) is 4.98 Å². The molecule has 0 unspecified atom stereocenters. The van der Waals surface area contributed by atoms with E-state index in [9.17, 15) is 4.79 Å². The summed E-state index contributed by atoms with van der Waals surface area (Å²) in [4.78, 5) is 30.6. The van der Waals surface area contributed by atoms with Gasteiger partial charge in [-0.2, -0.15) is 0 Å². The zero-order valence-electron chi connectivity index (χ0n) is 19.2. The number of imidazole rings is 1. The molecule has 0 spiro atoms. The molecule has 0 saturated carbocycles. The third-order valence-corrected chi connectivity index (χ3v) is 7.19. The van der Waals surface area contributed by atoms with Gasteiger partial charge in [-0.05, 0) is 51.6 Å². The van der Waals surface area contributed by atoms with Crippen LogP contribution >= 0.6 is 0 Å². The third-order valence-electron chi connectivity index (χ3n) is 7.19.